The van der Waals surface area contributed by atoms with Gasteiger partial charge in [0.15, 0.2) is 0 Å². The average molecular weight is 217 g/mol. The molecule has 0 spiro atoms. The normalized spacial score (nSPS) is 17.2. The Morgan fingerprint density at radius 1 is 1.25 bits per heavy atom. The Labute approximate surface area is 97.5 Å². The molecule has 86 valence electrons. The van der Waals surface area contributed by atoms with Gasteiger partial charge in [-0.2, -0.15) is 0 Å². The number of ether oxygens (including phenoxy) is 1. The summed E-state index contributed by atoms with van der Waals surface area (Å²) in [6.45, 7) is 4.01. The van der Waals surface area contributed by atoms with Gasteiger partial charge >= 0.3 is 0 Å². The summed E-state index contributed by atoms with van der Waals surface area (Å²) in [6, 6.07) is 10.6. The molecule has 1 aliphatic heterocycles. The molecule has 0 N–H and O–H groups in total. The van der Waals surface area contributed by atoms with Crippen molar-refractivity contribution in [3.63, 3.8) is 0 Å². The predicted octanol–water partition coefficient (Wildman–Crippen LogP) is 2.47. The molecule has 0 saturated carbocycles. The van der Waals surface area contributed by atoms with E-state index in [9.17, 15) is 0 Å². The third-order valence-corrected chi connectivity index (χ3v) is 2.88. The molecule has 2 heteroatoms. The van der Waals surface area contributed by atoms with Gasteiger partial charge in [-0.05, 0) is 17.6 Å². The highest BCUT2D eigenvalue weighted by atomic mass is 16.5. The SMILES string of the molecule is COCC1=CCCN(Cc2ccccc2)C1. The molecule has 1 heterocycles. The van der Waals surface area contributed by atoms with Gasteiger partial charge in [-0.15, -0.1) is 0 Å². The second-order valence-corrected chi connectivity index (χ2v) is 4.28. The highest BCUT2D eigenvalue weighted by Gasteiger charge is 2.12. The van der Waals surface area contributed by atoms with Gasteiger partial charge in [0.1, 0.15) is 0 Å². The van der Waals surface area contributed by atoms with Crippen LogP contribution in [0, 0.1) is 0 Å². The molecule has 0 amide bonds. The standard InChI is InChI=1S/C14H19NO/c1-16-12-14-8-5-9-15(11-14)10-13-6-3-2-4-7-13/h2-4,6-8H,5,9-12H2,1H3. The van der Waals surface area contributed by atoms with Crippen LogP contribution in [0.15, 0.2) is 42.0 Å². The summed E-state index contributed by atoms with van der Waals surface area (Å²) in [5.74, 6) is 0. The summed E-state index contributed by atoms with van der Waals surface area (Å²) in [6.07, 6.45) is 3.45. The smallest absolute Gasteiger partial charge is 0.0685 e. The van der Waals surface area contributed by atoms with Gasteiger partial charge in [0.05, 0.1) is 6.61 Å². The van der Waals surface area contributed by atoms with Gasteiger partial charge in [-0.25, -0.2) is 0 Å². The molecular weight excluding hydrogens is 198 g/mol. The number of nitrogens with zero attached hydrogens (tertiary/aromatic N) is 1. The Morgan fingerprint density at radius 3 is 2.81 bits per heavy atom. The van der Waals surface area contributed by atoms with Crippen LogP contribution in [-0.2, 0) is 11.3 Å². The Hall–Kier alpha value is -1.12. The summed E-state index contributed by atoms with van der Waals surface area (Å²) in [5.41, 5.74) is 2.80. The molecular formula is C14H19NO. The Morgan fingerprint density at radius 2 is 2.06 bits per heavy atom. The minimum atomic E-state index is 0.769. The molecule has 0 saturated heterocycles. The number of rotatable bonds is 4. The minimum Gasteiger partial charge on any atom is -0.380 e. The fraction of sp³-hybridized carbons (Fsp3) is 0.429. The summed E-state index contributed by atoms with van der Waals surface area (Å²) in [5, 5.41) is 0. The summed E-state index contributed by atoms with van der Waals surface area (Å²) < 4.78 is 5.18. The first-order chi connectivity index (χ1) is 7.88. The highest BCUT2D eigenvalue weighted by molar-refractivity contribution is 5.16. The molecule has 2 rings (SSSR count). The van der Waals surface area contributed by atoms with E-state index in [1.165, 1.54) is 11.1 Å². The first-order valence-corrected chi connectivity index (χ1v) is 5.81. The maximum atomic E-state index is 5.18. The lowest BCUT2D eigenvalue weighted by atomic mass is 10.1. The van der Waals surface area contributed by atoms with Crippen molar-refractivity contribution in [2.75, 3.05) is 26.8 Å². The van der Waals surface area contributed by atoms with Crippen molar-refractivity contribution in [2.24, 2.45) is 0 Å². The van der Waals surface area contributed by atoms with Gasteiger partial charge in [0.25, 0.3) is 0 Å². The van der Waals surface area contributed by atoms with E-state index in [0.29, 0.717) is 0 Å². The quantitative estimate of drug-likeness (QED) is 0.718. The lowest BCUT2D eigenvalue weighted by molar-refractivity contribution is 0.202. The van der Waals surface area contributed by atoms with E-state index in [-0.39, 0.29) is 0 Å². The summed E-state index contributed by atoms with van der Waals surface area (Å²) >= 11 is 0. The molecule has 0 fully saturated rings. The number of hydrogen-bond donors (Lipinski definition) is 0. The molecule has 0 radical (unpaired) electrons. The van der Waals surface area contributed by atoms with Crippen molar-refractivity contribution in [1.29, 1.82) is 0 Å². The first-order valence-electron chi connectivity index (χ1n) is 5.81. The van der Waals surface area contributed by atoms with E-state index in [1.54, 1.807) is 7.11 Å². The molecule has 0 atom stereocenters. The van der Waals surface area contributed by atoms with Gasteiger partial charge in [0, 0.05) is 26.7 Å². The molecule has 0 aromatic heterocycles. The Balaban J connectivity index is 1.90. The van der Waals surface area contributed by atoms with Crippen LogP contribution in [0.3, 0.4) is 0 Å². The number of hydrogen-bond acceptors (Lipinski definition) is 2. The second kappa shape index (κ2) is 5.83. The van der Waals surface area contributed by atoms with Crippen molar-refractivity contribution in [3.8, 4) is 0 Å². The zero-order chi connectivity index (χ0) is 11.2. The zero-order valence-electron chi connectivity index (χ0n) is 9.86. The fourth-order valence-corrected chi connectivity index (χ4v) is 2.15. The number of methoxy groups -OCH3 is 1. The molecule has 0 bridgehead atoms. The van der Waals surface area contributed by atoms with E-state index in [2.05, 4.69) is 41.3 Å². The maximum Gasteiger partial charge on any atom is 0.0685 e. The van der Waals surface area contributed by atoms with E-state index in [4.69, 9.17) is 4.74 Å². The summed E-state index contributed by atoms with van der Waals surface area (Å²) in [7, 11) is 1.76. The van der Waals surface area contributed by atoms with E-state index < -0.39 is 0 Å². The molecule has 16 heavy (non-hydrogen) atoms. The number of benzene rings is 1. The molecule has 0 unspecified atom stereocenters. The van der Waals surface area contributed by atoms with Crippen LogP contribution in [0.25, 0.3) is 0 Å². The molecule has 1 aromatic rings. The second-order valence-electron chi connectivity index (χ2n) is 4.28. The van der Waals surface area contributed by atoms with Crippen molar-refractivity contribution in [2.45, 2.75) is 13.0 Å². The lowest BCUT2D eigenvalue weighted by Crippen LogP contribution is -2.30. The van der Waals surface area contributed by atoms with Crippen LogP contribution in [0.5, 0.6) is 0 Å². The third kappa shape index (κ3) is 3.19. The van der Waals surface area contributed by atoms with Crippen LogP contribution in [-0.4, -0.2) is 31.7 Å². The van der Waals surface area contributed by atoms with Gasteiger partial charge in [-0.1, -0.05) is 36.4 Å². The molecule has 1 aliphatic rings. The van der Waals surface area contributed by atoms with Crippen molar-refractivity contribution < 1.29 is 4.74 Å². The van der Waals surface area contributed by atoms with E-state index >= 15 is 0 Å². The molecule has 2 nitrogen and oxygen atoms in total. The van der Waals surface area contributed by atoms with Gasteiger partial charge in [-0.3, -0.25) is 4.90 Å². The lowest BCUT2D eigenvalue weighted by Gasteiger charge is -2.27. The van der Waals surface area contributed by atoms with Crippen LogP contribution in [0.2, 0.25) is 0 Å². The average Bonchev–Trinajstić information content (AvgIpc) is 2.31. The third-order valence-electron chi connectivity index (χ3n) is 2.88. The molecule has 1 aromatic carbocycles. The Bertz CT molecular complexity index is 345. The zero-order valence-corrected chi connectivity index (χ0v) is 9.86. The highest BCUT2D eigenvalue weighted by Crippen LogP contribution is 2.13. The predicted molar refractivity (Wildman–Crippen MR) is 66.3 cm³/mol. The topological polar surface area (TPSA) is 12.5 Å². The summed E-state index contributed by atoms with van der Waals surface area (Å²) in [4.78, 5) is 2.48. The monoisotopic (exact) mass is 217 g/mol. The van der Waals surface area contributed by atoms with Crippen molar-refractivity contribution in [1.82, 2.24) is 4.90 Å². The van der Waals surface area contributed by atoms with Crippen molar-refractivity contribution >= 4 is 0 Å². The first kappa shape index (κ1) is 11.4. The van der Waals surface area contributed by atoms with Crippen LogP contribution < -0.4 is 0 Å². The van der Waals surface area contributed by atoms with Crippen molar-refractivity contribution in [3.05, 3.63) is 47.5 Å². The maximum absolute atomic E-state index is 5.18. The van der Waals surface area contributed by atoms with E-state index in [1.807, 2.05) is 0 Å². The Kier molecular flexibility index (Phi) is 4.14. The van der Waals surface area contributed by atoms with Gasteiger partial charge in [0.2, 0.25) is 0 Å². The van der Waals surface area contributed by atoms with E-state index in [0.717, 1.165) is 32.7 Å². The largest absolute Gasteiger partial charge is 0.380 e. The van der Waals surface area contributed by atoms with Crippen LogP contribution in [0.1, 0.15) is 12.0 Å². The van der Waals surface area contributed by atoms with Crippen LogP contribution in [0.4, 0.5) is 0 Å². The fourth-order valence-electron chi connectivity index (χ4n) is 2.15. The van der Waals surface area contributed by atoms with Crippen LogP contribution >= 0.6 is 0 Å². The van der Waals surface area contributed by atoms with Gasteiger partial charge < -0.3 is 4.74 Å². The molecule has 0 aliphatic carbocycles. The minimum absolute atomic E-state index is 0.769.